The van der Waals surface area contributed by atoms with Gasteiger partial charge in [0.1, 0.15) is 5.75 Å². The lowest BCUT2D eigenvalue weighted by molar-refractivity contribution is -0.274. The van der Waals surface area contributed by atoms with Crippen molar-refractivity contribution in [3.8, 4) is 5.75 Å². The molecular weight excluding hydrogens is 371 g/mol. The molecule has 0 aliphatic rings. The molecule has 0 aliphatic carbocycles. The summed E-state index contributed by atoms with van der Waals surface area (Å²) in [6.45, 7) is 1.91. The first kappa shape index (κ1) is 19.8. The van der Waals surface area contributed by atoms with E-state index in [4.69, 9.17) is 5.11 Å². The second-order valence-corrected chi connectivity index (χ2v) is 6.90. The molecule has 1 aromatic heterocycles. The van der Waals surface area contributed by atoms with Crippen LogP contribution in [0.3, 0.4) is 0 Å². The van der Waals surface area contributed by atoms with Crippen LogP contribution in [0.5, 0.6) is 5.75 Å². The smallest absolute Gasteiger partial charge is 0.481 e. The van der Waals surface area contributed by atoms with Crippen molar-refractivity contribution in [1.82, 2.24) is 5.32 Å². The van der Waals surface area contributed by atoms with Crippen LogP contribution in [0, 0.1) is 6.92 Å². The van der Waals surface area contributed by atoms with Gasteiger partial charge in [0, 0.05) is 9.75 Å². The number of carbonyl (C=O) groups is 2. The fourth-order valence-electron chi connectivity index (χ4n) is 2.31. The van der Waals surface area contributed by atoms with Gasteiger partial charge >= 0.3 is 12.3 Å². The number of carboxylic acids is 1. The first-order valence-corrected chi connectivity index (χ1v) is 8.36. The molecule has 0 aliphatic heterocycles. The van der Waals surface area contributed by atoms with E-state index >= 15 is 0 Å². The Bertz CT molecular complexity index is 771. The number of hydrogen-bond donors (Lipinski definition) is 2. The van der Waals surface area contributed by atoms with E-state index < -0.39 is 30.5 Å². The van der Waals surface area contributed by atoms with Gasteiger partial charge < -0.3 is 15.2 Å². The van der Waals surface area contributed by atoms with E-state index in [1.807, 2.05) is 19.1 Å². The molecule has 140 valence electrons. The molecule has 0 spiro atoms. The molecule has 2 aromatic rings. The normalized spacial score (nSPS) is 12.5. The Hall–Kier alpha value is -2.55. The molecule has 5 nitrogen and oxygen atoms in total. The highest BCUT2D eigenvalue weighted by molar-refractivity contribution is 7.12. The SMILES string of the molecule is Cc1ccc(CC(=O)NC(CC(=O)O)c2ccc(OC(F)(F)F)cc2)s1. The van der Waals surface area contributed by atoms with Crippen LogP contribution >= 0.6 is 11.3 Å². The molecule has 1 aromatic carbocycles. The number of ether oxygens (including phenoxy) is 1. The van der Waals surface area contributed by atoms with Gasteiger partial charge in [-0.25, -0.2) is 0 Å². The molecule has 1 heterocycles. The Balaban J connectivity index is 2.08. The summed E-state index contributed by atoms with van der Waals surface area (Å²) in [5.74, 6) is -1.93. The molecule has 1 amide bonds. The molecule has 26 heavy (non-hydrogen) atoms. The summed E-state index contributed by atoms with van der Waals surface area (Å²) in [7, 11) is 0. The minimum atomic E-state index is -4.81. The second-order valence-electron chi connectivity index (χ2n) is 5.52. The Morgan fingerprint density at radius 1 is 1.19 bits per heavy atom. The van der Waals surface area contributed by atoms with Crippen molar-refractivity contribution in [1.29, 1.82) is 0 Å². The van der Waals surface area contributed by atoms with Crippen molar-refractivity contribution >= 4 is 23.2 Å². The summed E-state index contributed by atoms with van der Waals surface area (Å²) in [6, 6.07) is 7.57. The summed E-state index contributed by atoms with van der Waals surface area (Å²) >= 11 is 1.46. The average Bonchev–Trinajstić information content (AvgIpc) is 2.90. The van der Waals surface area contributed by atoms with Crippen molar-refractivity contribution < 1.29 is 32.6 Å². The summed E-state index contributed by atoms with van der Waals surface area (Å²) in [5, 5.41) is 11.6. The highest BCUT2D eigenvalue weighted by Gasteiger charge is 2.31. The minimum absolute atomic E-state index is 0.101. The molecule has 2 N–H and O–H groups in total. The third-order valence-electron chi connectivity index (χ3n) is 3.36. The van der Waals surface area contributed by atoms with Crippen LogP contribution in [-0.4, -0.2) is 23.3 Å². The van der Waals surface area contributed by atoms with Gasteiger partial charge in [-0.1, -0.05) is 12.1 Å². The highest BCUT2D eigenvalue weighted by atomic mass is 32.1. The third kappa shape index (κ3) is 6.40. The third-order valence-corrected chi connectivity index (χ3v) is 4.36. The molecule has 0 fully saturated rings. The van der Waals surface area contributed by atoms with Gasteiger partial charge in [0.15, 0.2) is 0 Å². The quantitative estimate of drug-likeness (QED) is 0.757. The topological polar surface area (TPSA) is 75.6 Å². The number of carbonyl (C=O) groups excluding carboxylic acids is 1. The van der Waals surface area contributed by atoms with Crippen LogP contribution in [0.1, 0.15) is 27.8 Å². The number of amides is 1. The lowest BCUT2D eigenvalue weighted by atomic mass is 10.0. The van der Waals surface area contributed by atoms with Crippen LogP contribution < -0.4 is 10.1 Å². The van der Waals surface area contributed by atoms with Gasteiger partial charge in [0.25, 0.3) is 0 Å². The number of thiophene rings is 1. The van der Waals surface area contributed by atoms with Crippen LogP contribution in [-0.2, 0) is 16.0 Å². The molecule has 0 saturated heterocycles. The number of nitrogens with one attached hydrogen (secondary N) is 1. The monoisotopic (exact) mass is 387 g/mol. The Labute approximate surface area is 151 Å². The minimum Gasteiger partial charge on any atom is -0.481 e. The van der Waals surface area contributed by atoms with E-state index in [1.54, 1.807) is 0 Å². The Morgan fingerprint density at radius 2 is 1.85 bits per heavy atom. The fourth-order valence-corrected chi connectivity index (χ4v) is 3.20. The number of aryl methyl sites for hydroxylation is 1. The van der Waals surface area contributed by atoms with Crippen molar-refractivity contribution in [3.05, 3.63) is 51.7 Å². The van der Waals surface area contributed by atoms with Crippen LogP contribution in [0.2, 0.25) is 0 Å². The summed E-state index contributed by atoms with van der Waals surface area (Å²) in [6.07, 6.45) is -5.10. The Morgan fingerprint density at radius 3 is 2.35 bits per heavy atom. The summed E-state index contributed by atoms with van der Waals surface area (Å²) < 4.78 is 40.4. The molecule has 0 bridgehead atoms. The predicted octanol–water partition coefficient (Wildman–Crippen LogP) is 3.83. The average molecular weight is 387 g/mol. The van der Waals surface area contributed by atoms with E-state index in [1.165, 1.54) is 23.5 Å². The van der Waals surface area contributed by atoms with Crippen molar-refractivity contribution in [2.45, 2.75) is 32.2 Å². The number of alkyl halides is 3. The predicted molar refractivity (Wildman–Crippen MR) is 89.0 cm³/mol. The van der Waals surface area contributed by atoms with Crippen LogP contribution in [0.4, 0.5) is 13.2 Å². The zero-order valence-corrected chi connectivity index (χ0v) is 14.5. The first-order chi connectivity index (χ1) is 12.1. The number of carboxylic acid groups (broad SMARTS) is 1. The first-order valence-electron chi connectivity index (χ1n) is 7.54. The maximum absolute atomic E-state index is 12.2. The standard InChI is InChI=1S/C17H16F3NO4S/c1-10-2-7-13(26-10)8-15(22)21-14(9-16(23)24)11-3-5-12(6-4-11)25-17(18,19)20/h2-7,14H,8-9H2,1H3,(H,21,22)(H,23,24). The molecular formula is C17H16F3NO4S. The number of halogens is 3. The molecule has 0 saturated carbocycles. The lowest BCUT2D eigenvalue weighted by Gasteiger charge is -2.18. The molecule has 0 radical (unpaired) electrons. The number of hydrogen-bond acceptors (Lipinski definition) is 4. The summed E-state index contributed by atoms with van der Waals surface area (Å²) in [5.41, 5.74) is 0.373. The molecule has 9 heteroatoms. The maximum Gasteiger partial charge on any atom is 0.573 e. The van der Waals surface area contributed by atoms with E-state index in [0.717, 1.165) is 21.9 Å². The van der Waals surface area contributed by atoms with E-state index in [-0.39, 0.29) is 12.3 Å². The van der Waals surface area contributed by atoms with Gasteiger partial charge in [-0.3, -0.25) is 9.59 Å². The van der Waals surface area contributed by atoms with Crippen LogP contribution in [0.15, 0.2) is 36.4 Å². The van der Waals surface area contributed by atoms with Gasteiger partial charge in [0.05, 0.1) is 18.9 Å². The number of rotatable bonds is 7. The van der Waals surface area contributed by atoms with Crippen molar-refractivity contribution in [2.75, 3.05) is 0 Å². The molecule has 2 rings (SSSR count). The zero-order chi connectivity index (χ0) is 19.3. The highest BCUT2D eigenvalue weighted by Crippen LogP contribution is 2.25. The van der Waals surface area contributed by atoms with Gasteiger partial charge in [0.2, 0.25) is 5.91 Å². The molecule has 1 unspecified atom stereocenters. The largest absolute Gasteiger partial charge is 0.573 e. The van der Waals surface area contributed by atoms with Gasteiger partial charge in [-0.2, -0.15) is 0 Å². The molecule has 1 atom stereocenters. The van der Waals surface area contributed by atoms with Gasteiger partial charge in [-0.05, 0) is 36.8 Å². The van der Waals surface area contributed by atoms with Crippen LogP contribution in [0.25, 0.3) is 0 Å². The number of benzene rings is 1. The van der Waals surface area contributed by atoms with E-state index in [2.05, 4.69) is 10.1 Å². The van der Waals surface area contributed by atoms with E-state index in [9.17, 15) is 22.8 Å². The Kier molecular flexibility index (Phi) is 6.25. The zero-order valence-electron chi connectivity index (χ0n) is 13.7. The van der Waals surface area contributed by atoms with Crippen molar-refractivity contribution in [3.63, 3.8) is 0 Å². The fraction of sp³-hybridized carbons (Fsp3) is 0.294. The summed E-state index contributed by atoms with van der Waals surface area (Å²) in [4.78, 5) is 25.1. The lowest BCUT2D eigenvalue weighted by Crippen LogP contribution is -2.31. The second kappa shape index (κ2) is 8.22. The number of aliphatic carboxylic acids is 1. The van der Waals surface area contributed by atoms with Crippen molar-refractivity contribution in [2.24, 2.45) is 0 Å². The van der Waals surface area contributed by atoms with E-state index in [0.29, 0.717) is 5.56 Å². The maximum atomic E-state index is 12.2. The van der Waals surface area contributed by atoms with Gasteiger partial charge in [-0.15, -0.1) is 24.5 Å².